The predicted molar refractivity (Wildman–Crippen MR) is 83.8 cm³/mol. The Hall–Kier alpha value is -1.62. The molecule has 0 radical (unpaired) electrons. The fourth-order valence-electron chi connectivity index (χ4n) is 3.75. The van der Waals surface area contributed by atoms with Crippen molar-refractivity contribution < 1.29 is 4.92 Å². The largest absolute Gasteiger partial charge is 0.367 e. The van der Waals surface area contributed by atoms with Gasteiger partial charge in [-0.2, -0.15) is 0 Å². The molecule has 2 aliphatic rings. The summed E-state index contributed by atoms with van der Waals surface area (Å²) in [5, 5.41) is 14.7. The van der Waals surface area contributed by atoms with Crippen molar-refractivity contribution in [3.05, 3.63) is 33.9 Å². The number of non-ortho nitro benzene ring substituents is 1. The number of nitro benzene ring substituents is 1. The van der Waals surface area contributed by atoms with Crippen LogP contribution in [0.25, 0.3) is 0 Å². The summed E-state index contributed by atoms with van der Waals surface area (Å²) in [4.78, 5) is 13.2. The molecule has 0 amide bonds. The van der Waals surface area contributed by atoms with Crippen LogP contribution in [0, 0.1) is 17.0 Å². The fourth-order valence-corrected chi connectivity index (χ4v) is 3.75. The molecule has 0 bridgehead atoms. The lowest BCUT2D eigenvalue weighted by Crippen LogP contribution is -2.50. The van der Waals surface area contributed by atoms with E-state index in [1.54, 1.807) is 12.1 Å². The first-order chi connectivity index (χ1) is 10.1. The summed E-state index contributed by atoms with van der Waals surface area (Å²) in [5.41, 5.74) is 2.18. The lowest BCUT2D eigenvalue weighted by Gasteiger charge is -2.41. The molecule has 2 aliphatic heterocycles. The second kappa shape index (κ2) is 6.02. The Morgan fingerprint density at radius 3 is 2.81 bits per heavy atom. The van der Waals surface area contributed by atoms with Gasteiger partial charge in [-0.1, -0.05) is 0 Å². The van der Waals surface area contributed by atoms with Gasteiger partial charge < -0.3 is 10.2 Å². The number of rotatable bonds is 3. The zero-order valence-corrected chi connectivity index (χ0v) is 12.5. The number of nitro groups is 1. The molecule has 0 spiro atoms. The SMILES string of the molecule is Cc1cc(N2CCCCC2C2CCCN2)cc([N+](=O)[O-])c1. The topological polar surface area (TPSA) is 58.4 Å². The quantitative estimate of drug-likeness (QED) is 0.686. The molecule has 1 aromatic carbocycles. The van der Waals surface area contributed by atoms with E-state index in [2.05, 4.69) is 16.3 Å². The van der Waals surface area contributed by atoms with E-state index in [-0.39, 0.29) is 10.6 Å². The number of nitrogens with zero attached hydrogens (tertiary/aromatic N) is 2. The van der Waals surface area contributed by atoms with Crippen LogP contribution in [0.3, 0.4) is 0 Å². The molecule has 1 N–H and O–H groups in total. The predicted octanol–water partition coefficient (Wildman–Crippen LogP) is 3.01. The summed E-state index contributed by atoms with van der Waals surface area (Å²) in [5.74, 6) is 0. The second-order valence-corrected chi connectivity index (χ2v) is 6.24. The van der Waals surface area contributed by atoms with Crippen LogP contribution in [-0.4, -0.2) is 30.1 Å². The minimum atomic E-state index is -0.288. The monoisotopic (exact) mass is 289 g/mol. The summed E-state index contributed by atoms with van der Waals surface area (Å²) >= 11 is 0. The molecule has 5 nitrogen and oxygen atoms in total. The van der Waals surface area contributed by atoms with Crippen molar-refractivity contribution in [2.75, 3.05) is 18.0 Å². The fraction of sp³-hybridized carbons (Fsp3) is 0.625. The number of benzene rings is 1. The van der Waals surface area contributed by atoms with Gasteiger partial charge in [0, 0.05) is 36.4 Å². The van der Waals surface area contributed by atoms with Crippen molar-refractivity contribution in [3.8, 4) is 0 Å². The van der Waals surface area contributed by atoms with Crippen LogP contribution in [-0.2, 0) is 0 Å². The highest BCUT2D eigenvalue weighted by Crippen LogP contribution is 2.32. The Morgan fingerprint density at radius 2 is 2.10 bits per heavy atom. The van der Waals surface area contributed by atoms with Gasteiger partial charge in [0.2, 0.25) is 0 Å². The normalized spacial score (nSPS) is 26.0. The molecule has 3 rings (SSSR count). The van der Waals surface area contributed by atoms with E-state index in [1.165, 1.54) is 32.1 Å². The first-order valence-corrected chi connectivity index (χ1v) is 7.91. The van der Waals surface area contributed by atoms with Crippen LogP contribution in [0.15, 0.2) is 18.2 Å². The van der Waals surface area contributed by atoms with Gasteiger partial charge in [-0.25, -0.2) is 0 Å². The minimum absolute atomic E-state index is 0.203. The lowest BCUT2D eigenvalue weighted by atomic mass is 9.93. The van der Waals surface area contributed by atoms with Crippen molar-refractivity contribution in [1.29, 1.82) is 0 Å². The Bertz CT molecular complexity index is 526. The number of nitrogens with one attached hydrogen (secondary N) is 1. The summed E-state index contributed by atoms with van der Waals surface area (Å²) in [6, 6.07) is 6.48. The van der Waals surface area contributed by atoms with E-state index in [1.807, 2.05) is 6.92 Å². The molecule has 5 heteroatoms. The van der Waals surface area contributed by atoms with Crippen molar-refractivity contribution in [2.45, 2.75) is 51.1 Å². The highest BCUT2D eigenvalue weighted by Gasteiger charge is 2.32. The number of piperidine rings is 1. The van der Waals surface area contributed by atoms with E-state index in [0.29, 0.717) is 12.1 Å². The Kier molecular flexibility index (Phi) is 4.10. The van der Waals surface area contributed by atoms with Crippen LogP contribution in [0.4, 0.5) is 11.4 Å². The highest BCUT2D eigenvalue weighted by atomic mass is 16.6. The van der Waals surface area contributed by atoms with Crippen LogP contribution in [0.1, 0.15) is 37.7 Å². The zero-order chi connectivity index (χ0) is 14.8. The number of hydrogen-bond donors (Lipinski definition) is 1. The molecule has 0 aromatic heterocycles. The van der Waals surface area contributed by atoms with Crippen molar-refractivity contribution in [1.82, 2.24) is 5.32 Å². The molecular weight excluding hydrogens is 266 g/mol. The smallest absolute Gasteiger partial charge is 0.271 e. The summed E-state index contributed by atoms with van der Waals surface area (Å²) in [6.45, 7) is 4.04. The van der Waals surface area contributed by atoms with Crippen molar-refractivity contribution in [2.24, 2.45) is 0 Å². The van der Waals surface area contributed by atoms with E-state index in [4.69, 9.17) is 0 Å². The number of aryl methyl sites for hydroxylation is 1. The molecule has 2 unspecified atom stereocenters. The third kappa shape index (κ3) is 3.02. The molecule has 0 saturated carbocycles. The average molecular weight is 289 g/mol. The third-order valence-electron chi connectivity index (χ3n) is 4.70. The number of hydrogen-bond acceptors (Lipinski definition) is 4. The van der Waals surface area contributed by atoms with E-state index in [9.17, 15) is 10.1 Å². The molecule has 21 heavy (non-hydrogen) atoms. The second-order valence-electron chi connectivity index (χ2n) is 6.24. The van der Waals surface area contributed by atoms with Gasteiger partial charge in [-0.15, -0.1) is 0 Å². The van der Waals surface area contributed by atoms with Gasteiger partial charge in [-0.05, 0) is 57.2 Å². The molecular formula is C16H23N3O2. The van der Waals surface area contributed by atoms with Gasteiger partial charge in [-0.3, -0.25) is 10.1 Å². The maximum atomic E-state index is 11.1. The number of anilines is 1. The summed E-state index contributed by atoms with van der Waals surface area (Å²) < 4.78 is 0. The molecule has 1 aromatic rings. The molecule has 114 valence electrons. The lowest BCUT2D eigenvalue weighted by molar-refractivity contribution is -0.384. The van der Waals surface area contributed by atoms with Crippen LogP contribution in [0.2, 0.25) is 0 Å². The molecule has 2 saturated heterocycles. The van der Waals surface area contributed by atoms with Gasteiger partial charge >= 0.3 is 0 Å². The molecule has 2 fully saturated rings. The van der Waals surface area contributed by atoms with Crippen molar-refractivity contribution >= 4 is 11.4 Å². The Labute approximate surface area is 125 Å². The van der Waals surface area contributed by atoms with Gasteiger partial charge in [0.05, 0.1) is 4.92 Å². The van der Waals surface area contributed by atoms with E-state index < -0.39 is 0 Å². The van der Waals surface area contributed by atoms with E-state index >= 15 is 0 Å². The van der Waals surface area contributed by atoms with Gasteiger partial charge in [0.25, 0.3) is 5.69 Å². The van der Waals surface area contributed by atoms with Crippen LogP contribution < -0.4 is 10.2 Å². The molecule has 2 atom stereocenters. The third-order valence-corrected chi connectivity index (χ3v) is 4.70. The zero-order valence-electron chi connectivity index (χ0n) is 12.5. The van der Waals surface area contributed by atoms with Gasteiger partial charge in [0.15, 0.2) is 0 Å². The molecule has 2 heterocycles. The van der Waals surface area contributed by atoms with Crippen molar-refractivity contribution in [3.63, 3.8) is 0 Å². The van der Waals surface area contributed by atoms with Gasteiger partial charge in [0.1, 0.15) is 0 Å². The first kappa shape index (κ1) is 14.3. The maximum Gasteiger partial charge on any atom is 0.271 e. The minimum Gasteiger partial charge on any atom is -0.367 e. The highest BCUT2D eigenvalue weighted by molar-refractivity contribution is 5.57. The summed E-state index contributed by atoms with van der Waals surface area (Å²) in [6.07, 6.45) is 6.07. The Morgan fingerprint density at radius 1 is 1.24 bits per heavy atom. The van der Waals surface area contributed by atoms with E-state index in [0.717, 1.165) is 24.3 Å². The maximum absolute atomic E-state index is 11.1. The van der Waals surface area contributed by atoms with Crippen LogP contribution >= 0.6 is 0 Å². The average Bonchev–Trinajstić information content (AvgIpc) is 3.00. The Balaban J connectivity index is 1.90. The summed E-state index contributed by atoms with van der Waals surface area (Å²) in [7, 11) is 0. The molecule has 0 aliphatic carbocycles. The standard InChI is InChI=1S/C16H23N3O2/c1-12-9-13(11-14(10-12)19(20)21)18-8-3-2-6-16(18)15-5-4-7-17-15/h9-11,15-17H,2-8H2,1H3. The first-order valence-electron chi connectivity index (χ1n) is 7.91. The van der Waals surface area contributed by atoms with Crippen LogP contribution in [0.5, 0.6) is 0 Å².